The van der Waals surface area contributed by atoms with Crippen molar-refractivity contribution in [1.82, 2.24) is 4.90 Å². The number of hydrogen-bond acceptors (Lipinski definition) is 3. The Bertz CT molecular complexity index is 1300. The van der Waals surface area contributed by atoms with E-state index >= 15 is 0 Å². The first-order chi connectivity index (χ1) is 17.4. The molecule has 194 valence electrons. The Morgan fingerprint density at radius 2 is 1.76 bits per heavy atom. The van der Waals surface area contributed by atoms with Gasteiger partial charge in [-0.25, -0.2) is 0 Å². The maximum Gasteiger partial charge on any atom is 0.323 e. The lowest BCUT2D eigenvalue weighted by molar-refractivity contribution is -0.137. The highest BCUT2D eigenvalue weighted by Crippen LogP contribution is 2.37. The summed E-state index contributed by atoms with van der Waals surface area (Å²) in [5, 5.41) is 10.2. The molecule has 1 aliphatic heterocycles. The largest absolute Gasteiger partial charge is 0.487 e. The number of benzene rings is 3. The number of amides is 1. The lowest BCUT2D eigenvalue weighted by Crippen LogP contribution is -2.39. The smallest absolute Gasteiger partial charge is 0.323 e. The highest BCUT2D eigenvalue weighted by atomic mass is 35.5. The van der Waals surface area contributed by atoms with Gasteiger partial charge in [-0.05, 0) is 71.7 Å². The second-order valence-electron chi connectivity index (χ2n) is 11.1. The SMILES string of the molecule is CC(C)(C)c1ccc(CN(CC(=O)O)C(=O)c2ccc3c(c2)CC[C@](C)(Cc2ccccc2Cl)O3)cc1. The van der Waals surface area contributed by atoms with Crippen molar-refractivity contribution in [1.29, 1.82) is 0 Å². The average Bonchev–Trinajstić information content (AvgIpc) is 2.84. The second kappa shape index (κ2) is 10.6. The van der Waals surface area contributed by atoms with Crippen LogP contribution in [0.25, 0.3) is 0 Å². The quantitative estimate of drug-likeness (QED) is 0.377. The number of nitrogens with zero attached hydrogens (tertiary/aromatic N) is 1. The number of hydrogen-bond donors (Lipinski definition) is 1. The Morgan fingerprint density at radius 1 is 1.05 bits per heavy atom. The fourth-order valence-electron chi connectivity index (χ4n) is 4.77. The fourth-order valence-corrected chi connectivity index (χ4v) is 4.97. The Labute approximate surface area is 224 Å². The molecule has 1 atom stereocenters. The predicted octanol–water partition coefficient (Wildman–Crippen LogP) is 6.69. The number of carboxylic acids is 1. The van der Waals surface area contributed by atoms with E-state index in [1.165, 1.54) is 10.5 Å². The number of carbonyl (C=O) groups excluding carboxylic acids is 1. The standard InChI is InChI=1S/C31H34ClNO4/c1-30(2,3)25-12-9-21(10-13-25)19-33(20-28(34)35)29(36)23-11-14-27-22(17-23)15-16-31(4,37-27)18-24-7-5-6-8-26(24)32/h5-14,17H,15-16,18-20H2,1-4H3,(H,34,35)/t31-/m1/s1. The summed E-state index contributed by atoms with van der Waals surface area (Å²) >= 11 is 6.37. The van der Waals surface area contributed by atoms with Crippen molar-refractivity contribution >= 4 is 23.5 Å². The zero-order valence-electron chi connectivity index (χ0n) is 21.9. The first-order valence-corrected chi connectivity index (χ1v) is 13.0. The molecule has 0 radical (unpaired) electrons. The van der Waals surface area contributed by atoms with Crippen molar-refractivity contribution < 1.29 is 19.4 Å². The van der Waals surface area contributed by atoms with E-state index in [0.717, 1.165) is 40.3 Å². The van der Waals surface area contributed by atoms with Gasteiger partial charge in [0.1, 0.15) is 17.9 Å². The molecule has 4 rings (SSSR count). The van der Waals surface area contributed by atoms with Crippen LogP contribution in [-0.4, -0.2) is 34.0 Å². The monoisotopic (exact) mass is 519 g/mol. The number of halogens is 1. The van der Waals surface area contributed by atoms with E-state index in [4.69, 9.17) is 16.3 Å². The van der Waals surface area contributed by atoms with E-state index in [2.05, 4.69) is 27.7 Å². The first kappa shape index (κ1) is 26.7. The highest BCUT2D eigenvalue weighted by molar-refractivity contribution is 6.31. The number of carboxylic acid groups (broad SMARTS) is 1. The van der Waals surface area contributed by atoms with E-state index in [0.29, 0.717) is 12.0 Å². The number of carbonyl (C=O) groups is 2. The second-order valence-corrected chi connectivity index (χ2v) is 11.6. The molecule has 5 nitrogen and oxygen atoms in total. The van der Waals surface area contributed by atoms with Gasteiger partial charge in [0.15, 0.2) is 0 Å². The van der Waals surface area contributed by atoms with Crippen molar-refractivity contribution in [2.24, 2.45) is 0 Å². The third-order valence-corrected chi connectivity index (χ3v) is 7.28. The molecule has 3 aromatic rings. The minimum atomic E-state index is -1.05. The van der Waals surface area contributed by atoms with Crippen LogP contribution in [0.4, 0.5) is 0 Å². The van der Waals surface area contributed by atoms with Crippen molar-refractivity contribution in [3.63, 3.8) is 0 Å². The van der Waals surface area contributed by atoms with Crippen LogP contribution in [0.5, 0.6) is 5.75 Å². The molecule has 1 heterocycles. The number of aliphatic carboxylic acids is 1. The summed E-state index contributed by atoms with van der Waals surface area (Å²) in [6, 6.07) is 21.2. The molecule has 0 spiro atoms. The molecule has 0 unspecified atom stereocenters. The van der Waals surface area contributed by atoms with E-state index in [1.807, 2.05) is 60.7 Å². The zero-order chi connectivity index (χ0) is 26.8. The average molecular weight is 520 g/mol. The van der Waals surface area contributed by atoms with Gasteiger partial charge in [0, 0.05) is 23.6 Å². The minimum absolute atomic E-state index is 0.0176. The van der Waals surface area contributed by atoms with Gasteiger partial charge >= 0.3 is 5.97 Å². The van der Waals surface area contributed by atoms with Crippen molar-refractivity contribution in [2.45, 2.75) is 64.5 Å². The van der Waals surface area contributed by atoms with Gasteiger partial charge in [-0.3, -0.25) is 9.59 Å². The summed E-state index contributed by atoms with van der Waals surface area (Å²) in [4.78, 5) is 26.4. The lowest BCUT2D eigenvalue weighted by Gasteiger charge is -2.36. The maximum absolute atomic E-state index is 13.4. The number of ether oxygens (including phenoxy) is 1. The predicted molar refractivity (Wildman–Crippen MR) is 146 cm³/mol. The highest BCUT2D eigenvalue weighted by Gasteiger charge is 2.33. The topological polar surface area (TPSA) is 66.8 Å². The lowest BCUT2D eigenvalue weighted by atomic mass is 9.86. The normalized spacial score (nSPS) is 17.0. The van der Waals surface area contributed by atoms with E-state index in [-0.39, 0.29) is 24.4 Å². The summed E-state index contributed by atoms with van der Waals surface area (Å²) in [7, 11) is 0. The summed E-state index contributed by atoms with van der Waals surface area (Å²) in [6.07, 6.45) is 2.22. The van der Waals surface area contributed by atoms with Crippen LogP contribution in [0.1, 0.15) is 66.7 Å². The molecular formula is C31H34ClNO4. The van der Waals surface area contributed by atoms with Crippen LogP contribution < -0.4 is 4.74 Å². The van der Waals surface area contributed by atoms with Gasteiger partial charge in [0.25, 0.3) is 5.91 Å². The molecule has 6 heteroatoms. The molecular weight excluding hydrogens is 486 g/mol. The minimum Gasteiger partial charge on any atom is -0.487 e. The fraction of sp³-hybridized carbons (Fsp3) is 0.355. The molecule has 0 saturated heterocycles. The summed E-state index contributed by atoms with van der Waals surface area (Å²) in [6.45, 7) is 8.35. The first-order valence-electron chi connectivity index (χ1n) is 12.6. The van der Waals surface area contributed by atoms with Crippen LogP contribution in [0.2, 0.25) is 5.02 Å². The molecule has 0 aliphatic carbocycles. The molecule has 0 bridgehead atoms. The van der Waals surface area contributed by atoms with Crippen LogP contribution >= 0.6 is 11.6 Å². The van der Waals surface area contributed by atoms with Crippen LogP contribution in [0.15, 0.2) is 66.7 Å². The Kier molecular flexibility index (Phi) is 7.65. The van der Waals surface area contributed by atoms with Gasteiger partial charge in [-0.2, -0.15) is 0 Å². The molecule has 0 fully saturated rings. The molecule has 0 aromatic heterocycles. The number of aryl methyl sites for hydroxylation is 1. The van der Waals surface area contributed by atoms with Gasteiger partial charge in [0.2, 0.25) is 0 Å². The molecule has 37 heavy (non-hydrogen) atoms. The Hall–Kier alpha value is -3.31. The van der Waals surface area contributed by atoms with Crippen LogP contribution in [0.3, 0.4) is 0 Å². The molecule has 1 amide bonds. The molecule has 1 N–H and O–H groups in total. The third kappa shape index (κ3) is 6.53. The van der Waals surface area contributed by atoms with Crippen LogP contribution in [-0.2, 0) is 29.6 Å². The Balaban J connectivity index is 1.51. The van der Waals surface area contributed by atoms with Crippen LogP contribution in [0, 0.1) is 0 Å². The van der Waals surface area contributed by atoms with E-state index in [1.54, 1.807) is 6.07 Å². The third-order valence-electron chi connectivity index (χ3n) is 6.92. The Morgan fingerprint density at radius 3 is 2.41 bits per heavy atom. The zero-order valence-corrected chi connectivity index (χ0v) is 22.6. The number of rotatable bonds is 7. The van der Waals surface area contributed by atoms with Crippen molar-refractivity contribution in [2.75, 3.05) is 6.54 Å². The van der Waals surface area contributed by atoms with E-state index in [9.17, 15) is 14.7 Å². The molecule has 1 aliphatic rings. The number of fused-ring (bicyclic) bond motifs is 1. The van der Waals surface area contributed by atoms with Crippen molar-refractivity contribution in [3.8, 4) is 5.75 Å². The molecule has 0 saturated carbocycles. The van der Waals surface area contributed by atoms with Gasteiger partial charge < -0.3 is 14.7 Å². The molecule has 3 aromatic carbocycles. The summed E-state index contributed by atoms with van der Waals surface area (Å²) < 4.78 is 6.39. The summed E-state index contributed by atoms with van der Waals surface area (Å²) in [5.41, 5.74) is 4.14. The van der Waals surface area contributed by atoms with Crippen molar-refractivity contribution in [3.05, 3.63) is 99.6 Å². The van der Waals surface area contributed by atoms with Gasteiger partial charge in [-0.1, -0.05) is 74.8 Å². The maximum atomic E-state index is 13.4. The van der Waals surface area contributed by atoms with E-state index < -0.39 is 11.6 Å². The van der Waals surface area contributed by atoms with Gasteiger partial charge in [-0.15, -0.1) is 0 Å². The summed E-state index contributed by atoms with van der Waals surface area (Å²) in [5.74, 6) is -0.606. The van der Waals surface area contributed by atoms with Gasteiger partial charge in [0.05, 0.1) is 0 Å².